The number of thioether (sulfide) groups is 3. The van der Waals surface area contributed by atoms with Gasteiger partial charge in [-0.3, -0.25) is 0 Å². The third-order valence-electron chi connectivity index (χ3n) is 2.01. The van der Waals surface area contributed by atoms with E-state index in [-0.39, 0.29) is 0 Å². The zero-order chi connectivity index (χ0) is 13.7. The van der Waals surface area contributed by atoms with Gasteiger partial charge in [-0.05, 0) is 24.5 Å². The quantitative estimate of drug-likeness (QED) is 0.259. The van der Waals surface area contributed by atoms with Crippen molar-refractivity contribution in [2.45, 2.75) is 4.34 Å². The van der Waals surface area contributed by atoms with E-state index in [1.54, 1.807) is 41.1 Å². The highest BCUT2D eigenvalue weighted by Crippen LogP contribution is 2.33. The van der Waals surface area contributed by atoms with E-state index in [0.717, 1.165) is 24.0 Å². The van der Waals surface area contributed by atoms with Crippen LogP contribution in [0.3, 0.4) is 0 Å². The molecule has 1 heterocycles. The molecule has 2 aromatic rings. The van der Waals surface area contributed by atoms with Crippen molar-refractivity contribution in [3.63, 3.8) is 0 Å². The van der Waals surface area contributed by atoms with Crippen LogP contribution in [0.15, 0.2) is 27.5 Å². The molecule has 0 radical (unpaired) electrons. The van der Waals surface area contributed by atoms with Gasteiger partial charge in [0.2, 0.25) is 6.19 Å². The SMILES string of the molecule is CSC(=NC#N)SCSc1nc2cc(Cl)ccc2s1. The topological polar surface area (TPSA) is 49.0 Å². The lowest BCUT2D eigenvalue weighted by Gasteiger charge is -1.97. The molecule has 3 nitrogen and oxygen atoms in total. The van der Waals surface area contributed by atoms with Crippen LogP contribution >= 0.6 is 58.2 Å². The van der Waals surface area contributed by atoms with Gasteiger partial charge in [0.05, 0.1) is 15.3 Å². The van der Waals surface area contributed by atoms with Gasteiger partial charge in [0, 0.05) is 5.02 Å². The van der Waals surface area contributed by atoms with Gasteiger partial charge in [-0.2, -0.15) is 10.3 Å². The smallest absolute Gasteiger partial charge is 0.207 e. The lowest BCUT2D eigenvalue weighted by atomic mass is 10.3. The first-order valence-corrected chi connectivity index (χ1v) is 9.44. The fourth-order valence-corrected chi connectivity index (χ4v) is 5.38. The minimum atomic E-state index is 0.703. The highest BCUT2D eigenvalue weighted by atomic mass is 35.5. The Bertz CT molecular complexity index is 647. The number of rotatable bonds is 3. The molecule has 0 saturated carbocycles. The molecule has 0 bridgehead atoms. The number of hydrogen-bond donors (Lipinski definition) is 0. The summed E-state index contributed by atoms with van der Waals surface area (Å²) in [5.41, 5.74) is 0.931. The molecule has 0 aliphatic carbocycles. The number of nitrogens with zero attached hydrogens (tertiary/aromatic N) is 3. The third kappa shape index (κ3) is 4.29. The van der Waals surface area contributed by atoms with Gasteiger partial charge in [-0.15, -0.1) is 23.1 Å². The molecular formula is C11H8ClN3S4. The van der Waals surface area contributed by atoms with Gasteiger partial charge in [-0.25, -0.2) is 4.98 Å². The zero-order valence-electron chi connectivity index (χ0n) is 9.79. The van der Waals surface area contributed by atoms with E-state index in [4.69, 9.17) is 16.9 Å². The summed E-state index contributed by atoms with van der Waals surface area (Å²) in [5, 5.41) is 10.0. The normalized spacial score (nSPS) is 11.7. The predicted octanol–water partition coefficient (Wildman–Crippen LogP) is 4.93. The largest absolute Gasteiger partial charge is 0.230 e. The molecule has 0 fully saturated rings. The molecule has 2 rings (SSSR count). The summed E-state index contributed by atoms with van der Waals surface area (Å²) in [7, 11) is 0. The Balaban J connectivity index is 1.99. The molecule has 0 saturated heterocycles. The zero-order valence-corrected chi connectivity index (χ0v) is 13.8. The molecule has 0 unspecified atom stereocenters. The number of fused-ring (bicyclic) bond motifs is 1. The van der Waals surface area contributed by atoms with Gasteiger partial charge in [0.25, 0.3) is 0 Å². The standard InChI is InChI=1S/C11H8ClN3S4/c1-16-10(14-5-13)17-6-18-11-15-8-4-7(12)2-3-9(8)19-11/h2-4H,6H2,1H3. The predicted molar refractivity (Wildman–Crippen MR) is 89.5 cm³/mol. The van der Waals surface area contributed by atoms with Crippen LogP contribution in [-0.4, -0.2) is 20.7 Å². The van der Waals surface area contributed by atoms with E-state index in [9.17, 15) is 0 Å². The van der Waals surface area contributed by atoms with Crippen LogP contribution in [0.2, 0.25) is 5.02 Å². The van der Waals surface area contributed by atoms with Crippen molar-refractivity contribution in [1.29, 1.82) is 5.26 Å². The Hall–Kier alpha value is -0.390. The van der Waals surface area contributed by atoms with Crippen molar-refractivity contribution >= 4 is 72.8 Å². The fraction of sp³-hybridized carbons (Fsp3) is 0.182. The second-order valence-electron chi connectivity index (χ2n) is 3.18. The van der Waals surface area contributed by atoms with E-state index in [2.05, 4.69) is 9.98 Å². The van der Waals surface area contributed by atoms with E-state index in [0.29, 0.717) is 5.02 Å². The first-order chi connectivity index (χ1) is 9.22. The van der Waals surface area contributed by atoms with Gasteiger partial charge in [0.15, 0.2) is 4.34 Å². The molecule has 1 aromatic carbocycles. The van der Waals surface area contributed by atoms with Crippen LogP contribution in [0.4, 0.5) is 0 Å². The fourth-order valence-electron chi connectivity index (χ4n) is 1.25. The van der Waals surface area contributed by atoms with Gasteiger partial charge in [0.1, 0.15) is 4.38 Å². The van der Waals surface area contributed by atoms with Gasteiger partial charge in [-0.1, -0.05) is 35.1 Å². The van der Waals surface area contributed by atoms with Gasteiger partial charge >= 0.3 is 0 Å². The van der Waals surface area contributed by atoms with Crippen LogP contribution in [0.25, 0.3) is 10.2 Å². The molecule has 8 heteroatoms. The molecular weight excluding hydrogens is 338 g/mol. The van der Waals surface area contributed by atoms with Crippen LogP contribution < -0.4 is 0 Å². The van der Waals surface area contributed by atoms with Crippen molar-refractivity contribution in [2.75, 3.05) is 11.3 Å². The van der Waals surface area contributed by atoms with Gasteiger partial charge < -0.3 is 0 Å². The molecule has 0 atom stereocenters. The Labute approximate surface area is 132 Å². The van der Waals surface area contributed by atoms with Crippen molar-refractivity contribution in [3.05, 3.63) is 23.2 Å². The van der Waals surface area contributed by atoms with Crippen LogP contribution in [0.1, 0.15) is 0 Å². The molecule has 0 aliphatic heterocycles. The average molecular weight is 346 g/mol. The van der Waals surface area contributed by atoms with Crippen molar-refractivity contribution < 1.29 is 0 Å². The molecule has 0 amide bonds. The number of aromatic nitrogens is 1. The summed E-state index contributed by atoms with van der Waals surface area (Å²) in [5.74, 6) is 0. The molecule has 98 valence electrons. The second-order valence-corrected chi connectivity index (χ2v) is 8.25. The van der Waals surface area contributed by atoms with Crippen LogP contribution in [0, 0.1) is 11.5 Å². The minimum Gasteiger partial charge on any atom is -0.230 e. The Morgan fingerprint density at radius 2 is 2.42 bits per heavy atom. The lowest BCUT2D eigenvalue weighted by molar-refractivity contribution is 1.31. The highest BCUT2D eigenvalue weighted by Gasteiger charge is 2.06. The maximum atomic E-state index is 8.51. The van der Waals surface area contributed by atoms with E-state index >= 15 is 0 Å². The summed E-state index contributed by atoms with van der Waals surface area (Å²) in [6.07, 6.45) is 3.71. The molecule has 1 aromatic heterocycles. The second kappa shape index (κ2) is 7.41. The van der Waals surface area contributed by atoms with Crippen molar-refractivity contribution in [3.8, 4) is 6.19 Å². The summed E-state index contributed by atoms with van der Waals surface area (Å²) in [6, 6.07) is 5.72. The van der Waals surface area contributed by atoms with Crippen molar-refractivity contribution in [1.82, 2.24) is 4.98 Å². The highest BCUT2D eigenvalue weighted by molar-refractivity contribution is 8.41. The number of halogens is 1. The first-order valence-electron chi connectivity index (χ1n) is 5.05. The van der Waals surface area contributed by atoms with E-state index in [1.165, 1.54) is 11.8 Å². The Morgan fingerprint density at radius 1 is 1.58 bits per heavy atom. The maximum Gasteiger partial charge on any atom is 0.207 e. The van der Waals surface area contributed by atoms with Crippen molar-refractivity contribution in [2.24, 2.45) is 4.99 Å². The Morgan fingerprint density at radius 3 is 3.16 bits per heavy atom. The third-order valence-corrected chi connectivity index (χ3v) is 6.59. The van der Waals surface area contributed by atoms with E-state index in [1.807, 2.05) is 24.5 Å². The number of benzene rings is 1. The molecule has 19 heavy (non-hydrogen) atoms. The lowest BCUT2D eigenvalue weighted by Crippen LogP contribution is -1.83. The Kier molecular flexibility index (Phi) is 5.85. The number of hydrogen-bond acceptors (Lipinski definition) is 7. The molecule has 0 aliphatic rings. The molecule has 0 N–H and O–H groups in total. The molecule has 0 spiro atoms. The maximum absolute atomic E-state index is 8.51. The van der Waals surface area contributed by atoms with Crippen LogP contribution in [0.5, 0.6) is 0 Å². The summed E-state index contributed by atoms with van der Waals surface area (Å²) in [4.78, 5) is 8.24. The van der Waals surface area contributed by atoms with E-state index < -0.39 is 0 Å². The first kappa shape index (κ1) is 15.0. The summed E-state index contributed by atoms with van der Waals surface area (Å²) < 4.78 is 2.91. The summed E-state index contributed by atoms with van der Waals surface area (Å²) >= 11 is 12.3. The monoisotopic (exact) mass is 345 g/mol. The summed E-state index contributed by atoms with van der Waals surface area (Å²) in [6.45, 7) is 0. The number of thiazole rings is 1. The van der Waals surface area contributed by atoms with Crippen LogP contribution in [-0.2, 0) is 0 Å². The number of nitriles is 1. The minimum absolute atomic E-state index is 0.703. The number of aliphatic imine (C=N–C) groups is 1. The average Bonchev–Trinajstić information content (AvgIpc) is 2.79.